The van der Waals surface area contributed by atoms with Gasteiger partial charge in [-0.15, -0.1) is 0 Å². The zero-order valence-corrected chi connectivity index (χ0v) is 20.8. The molecule has 7 heteroatoms. The fraction of sp³-hybridized carbons (Fsp3) is 0.310. The minimum atomic E-state index is -0.448. The Labute approximate surface area is 212 Å². The van der Waals surface area contributed by atoms with Crippen molar-refractivity contribution in [2.45, 2.75) is 19.3 Å². The van der Waals surface area contributed by atoms with E-state index < -0.39 is 5.91 Å². The highest BCUT2D eigenvalue weighted by Gasteiger charge is 2.19. The number of rotatable bonds is 10. The molecular formula is C29H34N4O3. The normalized spacial score (nSPS) is 13.9. The minimum absolute atomic E-state index is 0.0273. The van der Waals surface area contributed by atoms with Crippen LogP contribution in [0.15, 0.2) is 72.8 Å². The van der Waals surface area contributed by atoms with Gasteiger partial charge in [0.1, 0.15) is 5.75 Å². The first kappa shape index (κ1) is 25.3. The lowest BCUT2D eigenvalue weighted by molar-refractivity contribution is -0.116. The molecule has 2 amide bonds. The molecule has 3 N–H and O–H groups in total. The van der Waals surface area contributed by atoms with Crippen molar-refractivity contribution in [2.24, 2.45) is 5.73 Å². The van der Waals surface area contributed by atoms with Gasteiger partial charge in [-0.3, -0.25) is 14.5 Å². The Morgan fingerprint density at radius 1 is 0.889 bits per heavy atom. The highest BCUT2D eigenvalue weighted by molar-refractivity contribution is 5.94. The first-order valence-electron chi connectivity index (χ1n) is 12.4. The van der Waals surface area contributed by atoms with E-state index in [-0.39, 0.29) is 5.91 Å². The van der Waals surface area contributed by atoms with Crippen LogP contribution in [0.5, 0.6) is 5.75 Å². The van der Waals surface area contributed by atoms with E-state index in [0.29, 0.717) is 12.0 Å². The SMILES string of the molecule is COc1ccccc1N1CCN(CCCCC(=O)Nc2ccc(-c3cccc(C(N)=O)c3)cc2)CC1. The number of nitrogens with two attached hydrogens (primary N) is 1. The molecule has 0 aromatic heterocycles. The quantitative estimate of drug-likeness (QED) is 0.415. The van der Waals surface area contributed by atoms with E-state index in [1.54, 1.807) is 19.2 Å². The van der Waals surface area contributed by atoms with Crippen molar-refractivity contribution in [3.8, 4) is 16.9 Å². The summed E-state index contributed by atoms with van der Waals surface area (Å²) in [6.45, 7) is 4.98. The molecule has 1 aliphatic rings. The number of amides is 2. The predicted molar refractivity (Wildman–Crippen MR) is 145 cm³/mol. The molecule has 3 aromatic rings. The summed E-state index contributed by atoms with van der Waals surface area (Å²) in [5, 5.41) is 2.98. The molecule has 36 heavy (non-hydrogen) atoms. The van der Waals surface area contributed by atoms with Gasteiger partial charge < -0.3 is 20.7 Å². The number of para-hydroxylation sites is 2. The number of hydrogen-bond donors (Lipinski definition) is 2. The third-order valence-electron chi connectivity index (χ3n) is 6.58. The third kappa shape index (κ3) is 6.64. The largest absolute Gasteiger partial charge is 0.495 e. The average Bonchev–Trinajstić information content (AvgIpc) is 2.92. The Hall–Kier alpha value is -3.84. The van der Waals surface area contributed by atoms with Crippen molar-refractivity contribution >= 4 is 23.2 Å². The summed E-state index contributed by atoms with van der Waals surface area (Å²) in [5.74, 6) is 0.499. The maximum Gasteiger partial charge on any atom is 0.248 e. The molecule has 1 heterocycles. The second-order valence-corrected chi connectivity index (χ2v) is 9.03. The smallest absolute Gasteiger partial charge is 0.248 e. The van der Waals surface area contributed by atoms with E-state index in [9.17, 15) is 9.59 Å². The van der Waals surface area contributed by atoms with Gasteiger partial charge in [0, 0.05) is 43.9 Å². The molecule has 188 valence electrons. The Morgan fingerprint density at radius 2 is 1.64 bits per heavy atom. The molecule has 0 bridgehead atoms. The topological polar surface area (TPSA) is 87.9 Å². The number of methoxy groups -OCH3 is 1. The predicted octanol–water partition coefficient (Wildman–Crippen LogP) is 4.39. The molecule has 1 aliphatic heterocycles. The maximum atomic E-state index is 12.4. The van der Waals surface area contributed by atoms with E-state index in [2.05, 4.69) is 21.2 Å². The van der Waals surface area contributed by atoms with Crippen LogP contribution in [0.25, 0.3) is 11.1 Å². The molecule has 3 aromatic carbocycles. The zero-order chi connectivity index (χ0) is 25.3. The number of nitrogens with one attached hydrogen (secondary N) is 1. The molecule has 0 atom stereocenters. The van der Waals surface area contributed by atoms with Crippen LogP contribution in [0.2, 0.25) is 0 Å². The van der Waals surface area contributed by atoms with Gasteiger partial charge in [0.2, 0.25) is 11.8 Å². The number of nitrogens with zero attached hydrogens (tertiary/aromatic N) is 2. The van der Waals surface area contributed by atoms with Crippen molar-refractivity contribution < 1.29 is 14.3 Å². The Balaban J connectivity index is 1.16. The summed E-state index contributed by atoms with van der Waals surface area (Å²) >= 11 is 0. The fourth-order valence-electron chi connectivity index (χ4n) is 4.55. The standard InChI is InChI=1S/C29H34N4O3/c1-36-27-10-3-2-9-26(27)33-19-17-32(18-20-33)16-5-4-11-28(34)31-25-14-12-22(13-15-25)23-7-6-8-24(21-23)29(30)35/h2-3,6-10,12-15,21H,4-5,11,16-20H2,1H3,(H2,30,35)(H,31,34). The first-order valence-corrected chi connectivity index (χ1v) is 12.4. The molecule has 0 spiro atoms. The minimum Gasteiger partial charge on any atom is -0.495 e. The second kappa shape index (κ2) is 12.2. The van der Waals surface area contributed by atoms with Gasteiger partial charge in [-0.1, -0.05) is 36.4 Å². The van der Waals surface area contributed by atoms with Gasteiger partial charge >= 0.3 is 0 Å². The Morgan fingerprint density at radius 3 is 2.36 bits per heavy atom. The molecule has 4 rings (SSSR count). The van der Waals surface area contributed by atoms with Gasteiger partial charge in [0.25, 0.3) is 0 Å². The summed E-state index contributed by atoms with van der Waals surface area (Å²) in [7, 11) is 1.72. The van der Waals surface area contributed by atoms with E-state index in [4.69, 9.17) is 10.5 Å². The van der Waals surface area contributed by atoms with Crippen LogP contribution >= 0.6 is 0 Å². The van der Waals surface area contributed by atoms with Gasteiger partial charge in [0.05, 0.1) is 12.8 Å². The van der Waals surface area contributed by atoms with Gasteiger partial charge in [-0.25, -0.2) is 0 Å². The highest BCUT2D eigenvalue weighted by Crippen LogP contribution is 2.28. The van der Waals surface area contributed by atoms with Crippen molar-refractivity contribution in [1.82, 2.24) is 4.90 Å². The Bertz CT molecular complexity index is 1170. The summed E-state index contributed by atoms with van der Waals surface area (Å²) in [4.78, 5) is 28.7. The highest BCUT2D eigenvalue weighted by atomic mass is 16.5. The summed E-state index contributed by atoms with van der Waals surface area (Å²) in [6, 6.07) is 23.0. The molecule has 1 fully saturated rings. The van der Waals surface area contributed by atoms with Crippen molar-refractivity contribution in [1.29, 1.82) is 0 Å². The van der Waals surface area contributed by atoms with Crippen LogP contribution in [0.1, 0.15) is 29.6 Å². The molecular weight excluding hydrogens is 452 g/mol. The van der Waals surface area contributed by atoms with Crippen molar-refractivity contribution in [2.75, 3.05) is 50.1 Å². The van der Waals surface area contributed by atoms with Crippen molar-refractivity contribution in [3.05, 3.63) is 78.4 Å². The number of hydrogen-bond acceptors (Lipinski definition) is 5. The maximum absolute atomic E-state index is 12.4. The molecule has 0 unspecified atom stereocenters. The monoisotopic (exact) mass is 486 g/mol. The third-order valence-corrected chi connectivity index (χ3v) is 6.58. The number of piperazine rings is 1. The molecule has 7 nitrogen and oxygen atoms in total. The van der Waals surface area contributed by atoms with Crippen LogP contribution in [-0.4, -0.2) is 56.5 Å². The number of unbranched alkanes of at least 4 members (excludes halogenated alkanes) is 1. The van der Waals surface area contributed by atoms with E-state index in [1.165, 1.54) is 0 Å². The lowest BCUT2D eigenvalue weighted by Crippen LogP contribution is -2.46. The number of carbonyl (C=O) groups excluding carboxylic acids is 2. The number of benzene rings is 3. The summed E-state index contributed by atoms with van der Waals surface area (Å²) in [6.07, 6.45) is 2.36. The lowest BCUT2D eigenvalue weighted by atomic mass is 10.0. The van der Waals surface area contributed by atoms with Gasteiger partial charge in [-0.2, -0.15) is 0 Å². The average molecular weight is 487 g/mol. The number of anilines is 2. The van der Waals surface area contributed by atoms with Crippen LogP contribution in [0, 0.1) is 0 Å². The fourth-order valence-corrected chi connectivity index (χ4v) is 4.55. The van der Waals surface area contributed by atoms with Crippen LogP contribution in [0.3, 0.4) is 0 Å². The van der Waals surface area contributed by atoms with E-state index in [0.717, 1.165) is 73.8 Å². The van der Waals surface area contributed by atoms with Crippen LogP contribution in [0.4, 0.5) is 11.4 Å². The molecule has 1 saturated heterocycles. The van der Waals surface area contributed by atoms with Crippen LogP contribution < -0.4 is 20.7 Å². The number of carbonyl (C=O) groups is 2. The molecule has 0 aliphatic carbocycles. The molecule has 0 saturated carbocycles. The lowest BCUT2D eigenvalue weighted by Gasteiger charge is -2.36. The van der Waals surface area contributed by atoms with Gasteiger partial charge in [-0.05, 0) is 66.9 Å². The summed E-state index contributed by atoms with van der Waals surface area (Å²) < 4.78 is 5.50. The zero-order valence-electron chi connectivity index (χ0n) is 20.8. The van der Waals surface area contributed by atoms with E-state index >= 15 is 0 Å². The Kier molecular flexibility index (Phi) is 8.57. The molecule has 0 radical (unpaired) electrons. The van der Waals surface area contributed by atoms with Crippen LogP contribution in [-0.2, 0) is 4.79 Å². The van der Waals surface area contributed by atoms with Crippen molar-refractivity contribution in [3.63, 3.8) is 0 Å². The number of ether oxygens (including phenoxy) is 1. The second-order valence-electron chi connectivity index (χ2n) is 9.03. The first-order chi connectivity index (χ1) is 17.5. The summed E-state index contributed by atoms with van der Waals surface area (Å²) in [5.41, 5.74) is 9.64. The van der Waals surface area contributed by atoms with E-state index in [1.807, 2.05) is 54.6 Å². The number of primary amides is 1. The van der Waals surface area contributed by atoms with Gasteiger partial charge in [0.15, 0.2) is 0 Å².